The van der Waals surface area contributed by atoms with Gasteiger partial charge in [0.2, 0.25) is 0 Å². The van der Waals surface area contributed by atoms with Gasteiger partial charge in [0.1, 0.15) is 13.1 Å². The first-order valence-electron chi connectivity index (χ1n) is 13.1. The molecule has 0 radical (unpaired) electrons. The molecule has 37 heavy (non-hydrogen) atoms. The molecule has 1 aliphatic carbocycles. The van der Waals surface area contributed by atoms with Crippen LogP contribution >= 0.6 is 15.8 Å². The van der Waals surface area contributed by atoms with Crippen LogP contribution in [-0.4, -0.2) is 22.2 Å². The van der Waals surface area contributed by atoms with E-state index in [-0.39, 0.29) is 0 Å². The largest absolute Gasteiger partial charge is 0.171 e. The first-order valence-corrected chi connectivity index (χ1v) is 16.2. The molecule has 0 fully saturated rings. The van der Waals surface area contributed by atoms with Gasteiger partial charge in [-0.05, 0) is 37.1 Å². The van der Waals surface area contributed by atoms with Gasteiger partial charge in [-0.1, -0.05) is 121 Å². The Balaban J connectivity index is 1.20. The maximum Gasteiger partial charge on any atom is 0.171 e. The first kappa shape index (κ1) is 24.2. The predicted octanol–water partition coefficient (Wildman–Crippen LogP) is 4.54. The molecular formula is C32H32N3P2+. The van der Waals surface area contributed by atoms with Crippen LogP contribution in [0.15, 0.2) is 121 Å². The molecule has 0 atom stereocenters. The van der Waals surface area contributed by atoms with E-state index in [4.69, 9.17) is 5.21 Å². The maximum atomic E-state index is 5.14. The first-order chi connectivity index (χ1) is 18.4. The highest BCUT2D eigenvalue weighted by Gasteiger charge is 2.33. The number of fused-ring (bicyclic) bond motifs is 1. The van der Waals surface area contributed by atoms with Crippen LogP contribution in [0.5, 0.6) is 0 Å². The fourth-order valence-corrected chi connectivity index (χ4v) is 9.67. The molecular weight excluding hydrogens is 489 g/mol. The topological polar surface area (TPSA) is 21.7 Å². The van der Waals surface area contributed by atoms with Crippen molar-refractivity contribution in [2.45, 2.75) is 25.9 Å². The lowest BCUT2D eigenvalue weighted by Gasteiger charge is -2.18. The molecule has 0 aliphatic heterocycles. The van der Waals surface area contributed by atoms with E-state index >= 15 is 0 Å². The van der Waals surface area contributed by atoms with Gasteiger partial charge in [0.25, 0.3) is 0 Å². The molecule has 5 heteroatoms. The second kappa shape index (κ2) is 11.5. The standard InChI is InChI=1S/C32H32N3P2/c1-5-13-27(14-6-1)36(28-15-7-2-8-16-28)25-23-34-31-21-22-32(31)35(33-34)24-26-37(29-17-9-3-10-18-29)30-19-11-4-12-20-30/h1-20H,21-26H2/q+1/i33+1. The molecule has 1 heterocycles. The van der Waals surface area contributed by atoms with Gasteiger partial charge in [-0.25, -0.2) is 0 Å². The average Bonchev–Trinajstić information content (AvgIpc) is 3.18. The number of hydrogen-bond donors (Lipinski definition) is 0. The molecule has 4 aromatic carbocycles. The molecule has 6 rings (SSSR count). The van der Waals surface area contributed by atoms with Crippen molar-refractivity contribution in [2.75, 3.05) is 12.3 Å². The van der Waals surface area contributed by atoms with Crippen LogP contribution in [0.25, 0.3) is 0 Å². The minimum absolute atomic E-state index is 0.409. The lowest BCUT2D eigenvalue weighted by Crippen LogP contribution is -2.44. The van der Waals surface area contributed by atoms with Gasteiger partial charge >= 0.3 is 0 Å². The second-order valence-electron chi connectivity index (χ2n) is 9.37. The summed E-state index contributed by atoms with van der Waals surface area (Å²) in [5, 5.41) is 10.9. The molecule has 3 nitrogen and oxygen atoms in total. The third kappa shape index (κ3) is 5.45. The van der Waals surface area contributed by atoms with Crippen molar-refractivity contribution in [3.8, 4) is 0 Å². The summed E-state index contributed by atoms with van der Waals surface area (Å²) in [6.45, 7) is 1.94. The van der Waals surface area contributed by atoms with E-state index in [2.05, 4.69) is 131 Å². The van der Waals surface area contributed by atoms with Crippen LogP contribution in [-0.2, 0) is 25.9 Å². The SMILES string of the molecule is c1ccc(P(CCn2[15n][n+](CCP(c3ccccc3)c3ccccc3)c3c2CC3)c2ccccc2)cc1. The van der Waals surface area contributed by atoms with Crippen molar-refractivity contribution < 1.29 is 4.68 Å². The number of hydrogen-bond acceptors (Lipinski definition) is 1. The molecule has 0 unspecified atom stereocenters. The predicted molar refractivity (Wildman–Crippen MR) is 158 cm³/mol. The Morgan fingerprint density at radius 1 is 0.568 bits per heavy atom. The fourth-order valence-electron chi connectivity index (χ4n) is 5.14. The minimum atomic E-state index is -0.409. The number of aryl methyl sites for hydroxylation is 2. The summed E-state index contributed by atoms with van der Waals surface area (Å²) in [5.41, 5.74) is 2.89. The molecule has 0 saturated heterocycles. The average molecular weight is 522 g/mol. The Bertz CT molecular complexity index is 1230. The van der Waals surface area contributed by atoms with Gasteiger partial charge in [-0.2, -0.15) is 0 Å². The zero-order valence-electron chi connectivity index (χ0n) is 21.0. The van der Waals surface area contributed by atoms with Gasteiger partial charge in [0.15, 0.2) is 11.4 Å². The molecule has 1 aliphatic rings. The summed E-state index contributed by atoms with van der Waals surface area (Å²) in [6, 6.07) is 44.1. The quantitative estimate of drug-likeness (QED) is 0.196. The highest BCUT2D eigenvalue weighted by atomic mass is 31.1. The zero-order chi connectivity index (χ0) is 24.9. The molecule has 0 spiro atoms. The van der Waals surface area contributed by atoms with E-state index in [9.17, 15) is 0 Å². The van der Waals surface area contributed by atoms with Gasteiger partial charge in [0, 0.05) is 25.2 Å². The molecule has 184 valence electrons. The summed E-state index contributed by atoms with van der Waals surface area (Å²) in [5.74, 6) is 0. The highest BCUT2D eigenvalue weighted by Crippen LogP contribution is 2.35. The van der Waals surface area contributed by atoms with E-state index < -0.39 is 15.8 Å². The van der Waals surface area contributed by atoms with Gasteiger partial charge < -0.3 is 0 Å². The summed E-state index contributed by atoms with van der Waals surface area (Å²) < 4.78 is 4.63. The van der Waals surface area contributed by atoms with Crippen molar-refractivity contribution >= 4 is 37.1 Å². The van der Waals surface area contributed by atoms with E-state index in [0.717, 1.165) is 38.3 Å². The van der Waals surface area contributed by atoms with E-state index in [1.165, 1.54) is 32.6 Å². The number of benzene rings is 4. The number of aromatic nitrogens is 3. The molecule has 0 bridgehead atoms. The van der Waals surface area contributed by atoms with Gasteiger partial charge in [0.05, 0.1) is 5.21 Å². The molecule has 1 aromatic heterocycles. The summed E-state index contributed by atoms with van der Waals surface area (Å²) in [6.07, 6.45) is 4.52. The van der Waals surface area contributed by atoms with Crippen LogP contribution in [0.2, 0.25) is 0 Å². The fraction of sp³-hybridized carbons (Fsp3) is 0.188. The third-order valence-electron chi connectivity index (χ3n) is 7.11. The Kier molecular flexibility index (Phi) is 7.54. The lowest BCUT2D eigenvalue weighted by atomic mass is 10.0. The number of nitrogens with zero attached hydrogens (tertiary/aromatic N) is 3. The van der Waals surface area contributed by atoms with Crippen LogP contribution in [0.4, 0.5) is 0 Å². The Labute approximate surface area is 222 Å². The van der Waals surface area contributed by atoms with Crippen LogP contribution in [0, 0.1) is 0 Å². The summed E-state index contributed by atoms with van der Waals surface area (Å²) >= 11 is 0. The summed E-state index contributed by atoms with van der Waals surface area (Å²) in [7, 11) is -0.818. The molecule has 0 amide bonds. The van der Waals surface area contributed by atoms with Crippen molar-refractivity contribution in [3.05, 3.63) is 133 Å². The smallest absolute Gasteiger partial charge is 0.134 e. The second-order valence-corrected chi connectivity index (χ2v) is 14.0. The van der Waals surface area contributed by atoms with E-state index in [1.807, 2.05) is 0 Å². The van der Waals surface area contributed by atoms with Crippen LogP contribution in [0.1, 0.15) is 11.4 Å². The lowest BCUT2D eigenvalue weighted by molar-refractivity contribution is -0.758. The third-order valence-corrected chi connectivity index (χ3v) is 12.1. The van der Waals surface area contributed by atoms with E-state index in [1.54, 1.807) is 0 Å². The Morgan fingerprint density at radius 3 is 1.41 bits per heavy atom. The zero-order valence-corrected chi connectivity index (χ0v) is 22.8. The van der Waals surface area contributed by atoms with Gasteiger partial charge in [-0.15, -0.1) is 9.36 Å². The normalized spacial score (nSPS) is 12.5. The minimum Gasteiger partial charge on any atom is -0.134 e. The molecule has 0 saturated carbocycles. The van der Waals surface area contributed by atoms with Crippen molar-refractivity contribution in [3.63, 3.8) is 0 Å². The Morgan fingerprint density at radius 2 is 1.00 bits per heavy atom. The Hall–Kier alpha value is -3.12. The molecule has 0 N–H and O–H groups in total. The highest BCUT2D eigenvalue weighted by molar-refractivity contribution is 7.73. The monoisotopic (exact) mass is 521 g/mol. The van der Waals surface area contributed by atoms with Crippen molar-refractivity contribution in [2.24, 2.45) is 0 Å². The van der Waals surface area contributed by atoms with Crippen LogP contribution in [0.3, 0.4) is 0 Å². The molecule has 5 aromatic rings. The summed E-state index contributed by atoms with van der Waals surface area (Å²) in [4.78, 5) is 0. The van der Waals surface area contributed by atoms with Gasteiger partial charge in [-0.3, -0.25) is 0 Å². The van der Waals surface area contributed by atoms with Crippen molar-refractivity contribution in [1.82, 2.24) is 9.90 Å². The maximum absolute atomic E-state index is 5.14. The number of rotatable bonds is 10. The van der Waals surface area contributed by atoms with E-state index in [0.29, 0.717) is 0 Å². The van der Waals surface area contributed by atoms with Crippen molar-refractivity contribution in [1.29, 1.82) is 0 Å². The van der Waals surface area contributed by atoms with Crippen LogP contribution < -0.4 is 25.9 Å².